The molecule has 9 nitrogen and oxygen atoms in total. The number of amides is 3. The highest BCUT2D eigenvalue weighted by Crippen LogP contribution is 2.28. The van der Waals surface area contributed by atoms with E-state index in [1.54, 1.807) is 19.0 Å². The SMILES string of the molecule is CN1CCc2nc(C(=O)N[C@@H]3C[C@@H](C(=O)N(C)C)CC[C@@H]3NC(=O)OCC[Si](C)(C)C)sc2C1. The van der Waals surface area contributed by atoms with E-state index in [-0.39, 0.29) is 29.8 Å². The third-order valence-corrected chi connectivity index (χ3v) is 9.25. The fraction of sp³-hybridized carbons (Fsp3) is 0.739. The van der Waals surface area contributed by atoms with Gasteiger partial charge in [0.15, 0.2) is 5.01 Å². The molecule has 1 aromatic heterocycles. The van der Waals surface area contributed by atoms with Crippen LogP contribution in [0.4, 0.5) is 4.79 Å². The Hall–Kier alpha value is -1.98. The molecule has 190 valence electrons. The van der Waals surface area contributed by atoms with Crippen LogP contribution in [0.2, 0.25) is 25.7 Å². The number of fused-ring (bicyclic) bond motifs is 1. The highest BCUT2D eigenvalue weighted by Gasteiger charge is 2.37. The maximum absolute atomic E-state index is 13.1. The number of carbonyl (C=O) groups excluding carboxylic acids is 3. The summed E-state index contributed by atoms with van der Waals surface area (Å²) in [6, 6.07) is 0.229. The number of hydrogen-bond donors (Lipinski definition) is 2. The number of alkyl carbamates (subject to hydrolysis) is 1. The van der Waals surface area contributed by atoms with E-state index in [1.807, 2.05) is 0 Å². The molecule has 1 aliphatic heterocycles. The molecule has 0 radical (unpaired) electrons. The molecule has 1 aromatic rings. The Kier molecular flexibility index (Phi) is 8.75. The first kappa shape index (κ1) is 26.6. The summed E-state index contributed by atoms with van der Waals surface area (Å²) in [4.78, 5) is 47.7. The molecule has 3 atom stereocenters. The van der Waals surface area contributed by atoms with Crippen molar-refractivity contribution in [1.82, 2.24) is 25.4 Å². The van der Waals surface area contributed by atoms with Gasteiger partial charge in [-0.05, 0) is 32.4 Å². The first-order chi connectivity index (χ1) is 15.9. The normalized spacial score (nSPS) is 23.1. The van der Waals surface area contributed by atoms with Crippen LogP contribution in [0.5, 0.6) is 0 Å². The number of nitrogens with one attached hydrogen (secondary N) is 2. The summed E-state index contributed by atoms with van der Waals surface area (Å²) < 4.78 is 5.42. The fourth-order valence-electron chi connectivity index (χ4n) is 4.39. The minimum atomic E-state index is -1.30. The van der Waals surface area contributed by atoms with E-state index in [1.165, 1.54) is 11.3 Å². The zero-order valence-corrected chi connectivity index (χ0v) is 23.1. The van der Waals surface area contributed by atoms with Crippen molar-refractivity contribution in [2.24, 2.45) is 5.92 Å². The van der Waals surface area contributed by atoms with Gasteiger partial charge in [0.05, 0.1) is 24.4 Å². The van der Waals surface area contributed by atoms with Crippen LogP contribution in [-0.2, 0) is 22.5 Å². The van der Waals surface area contributed by atoms with Crippen molar-refractivity contribution in [3.05, 3.63) is 15.6 Å². The van der Waals surface area contributed by atoms with Crippen LogP contribution in [-0.4, -0.2) is 87.1 Å². The molecule has 0 aromatic carbocycles. The van der Waals surface area contributed by atoms with Crippen LogP contribution in [0, 0.1) is 5.92 Å². The van der Waals surface area contributed by atoms with Crippen molar-refractivity contribution in [1.29, 1.82) is 0 Å². The molecular weight excluding hydrogens is 470 g/mol. The molecule has 0 saturated heterocycles. The maximum atomic E-state index is 13.1. The van der Waals surface area contributed by atoms with E-state index in [2.05, 4.69) is 47.2 Å². The molecule has 11 heteroatoms. The molecule has 2 heterocycles. The fourth-order valence-corrected chi connectivity index (χ4v) is 6.19. The third-order valence-electron chi connectivity index (χ3n) is 6.46. The summed E-state index contributed by atoms with van der Waals surface area (Å²) >= 11 is 1.43. The van der Waals surface area contributed by atoms with Crippen LogP contribution in [0.3, 0.4) is 0 Å². The predicted octanol–water partition coefficient (Wildman–Crippen LogP) is 2.55. The van der Waals surface area contributed by atoms with Crippen molar-refractivity contribution in [2.45, 2.75) is 70.0 Å². The van der Waals surface area contributed by atoms with E-state index in [0.29, 0.717) is 30.9 Å². The second-order valence-corrected chi connectivity index (χ2v) is 17.6. The van der Waals surface area contributed by atoms with Crippen LogP contribution < -0.4 is 10.6 Å². The number of carbonyl (C=O) groups is 3. The van der Waals surface area contributed by atoms with Gasteiger partial charge in [-0.1, -0.05) is 19.6 Å². The summed E-state index contributed by atoms with van der Waals surface area (Å²) in [5.74, 6) is -0.397. The van der Waals surface area contributed by atoms with Gasteiger partial charge in [0.1, 0.15) is 0 Å². The average molecular weight is 510 g/mol. The Bertz CT molecular complexity index is 900. The zero-order valence-electron chi connectivity index (χ0n) is 21.3. The van der Waals surface area contributed by atoms with Gasteiger partial charge in [-0.3, -0.25) is 9.59 Å². The monoisotopic (exact) mass is 509 g/mol. The van der Waals surface area contributed by atoms with Crippen molar-refractivity contribution < 1.29 is 19.1 Å². The number of thiazole rings is 1. The molecule has 1 fully saturated rings. The smallest absolute Gasteiger partial charge is 0.407 e. The summed E-state index contributed by atoms with van der Waals surface area (Å²) in [5, 5.41) is 6.47. The first-order valence-corrected chi connectivity index (χ1v) is 16.6. The Morgan fingerprint density at radius 3 is 2.59 bits per heavy atom. The largest absolute Gasteiger partial charge is 0.450 e. The standard InChI is InChI=1S/C23H39N5O4SSi/c1-27(2)22(30)15-7-8-16(26-23(31)32-11-12-34(4,5)6)18(13-15)24-20(29)21-25-17-9-10-28(3)14-19(17)33-21/h15-16,18H,7-14H2,1-6H3,(H,24,29)(H,26,31)/t15-,16-,18+/m0/s1. The molecule has 2 N–H and O–H groups in total. The van der Waals surface area contributed by atoms with Gasteiger partial charge in [-0.15, -0.1) is 11.3 Å². The second kappa shape index (κ2) is 11.2. The van der Waals surface area contributed by atoms with Crippen LogP contribution >= 0.6 is 11.3 Å². The number of rotatable bonds is 7. The molecular formula is C23H39N5O4SSi. The Labute approximate surface area is 207 Å². The summed E-state index contributed by atoms with van der Waals surface area (Å²) in [6.45, 7) is 8.83. The molecule has 0 spiro atoms. The second-order valence-electron chi connectivity index (χ2n) is 10.9. The predicted molar refractivity (Wildman–Crippen MR) is 136 cm³/mol. The zero-order chi connectivity index (χ0) is 25.0. The first-order valence-electron chi connectivity index (χ1n) is 12.1. The van der Waals surface area contributed by atoms with Gasteiger partial charge >= 0.3 is 6.09 Å². The Balaban J connectivity index is 1.67. The lowest BCUT2D eigenvalue weighted by Crippen LogP contribution is -2.56. The molecule has 2 aliphatic rings. The maximum Gasteiger partial charge on any atom is 0.407 e. The van der Waals surface area contributed by atoms with Crippen molar-refractivity contribution in [2.75, 3.05) is 34.3 Å². The lowest BCUT2D eigenvalue weighted by Gasteiger charge is -2.36. The van der Waals surface area contributed by atoms with Gasteiger partial charge in [-0.2, -0.15) is 0 Å². The van der Waals surface area contributed by atoms with Gasteiger partial charge < -0.3 is 25.2 Å². The quantitative estimate of drug-likeness (QED) is 0.548. The topological polar surface area (TPSA) is 104 Å². The summed E-state index contributed by atoms with van der Waals surface area (Å²) in [5.41, 5.74) is 0.998. The van der Waals surface area contributed by atoms with E-state index in [4.69, 9.17) is 4.74 Å². The van der Waals surface area contributed by atoms with Crippen molar-refractivity contribution in [3.8, 4) is 0 Å². The summed E-state index contributed by atoms with van der Waals surface area (Å²) in [7, 11) is 4.24. The number of likely N-dealkylation sites (N-methyl/N-ethyl adjacent to an activating group) is 1. The van der Waals surface area contributed by atoms with E-state index >= 15 is 0 Å². The highest BCUT2D eigenvalue weighted by atomic mass is 32.1. The number of nitrogens with zero attached hydrogens (tertiary/aromatic N) is 3. The van der Waals surface area contributed by atoms with Gasteiger partial charge in [0.25, 0.3) is 5.91 Å². The third kappa shape index (κ3) is 7.26. The molecule has 3 rings (SSSR count). The van der Waals surface area contributed by atoms with E-state index in [0.717, 1.165) is 36.1 Å². The number of aromatic nitrogens is 1. The summed E-state index contributed by atoms with van der Waals surface area (Å²) in [6.07, 6.45) is 2.09. The molecule has 0 bridgehead atoms. The number of hydrogen-bond acceptors (Lipinski definition) is 7. The average Bonchev–Trinajstić information content (AvgIpc) is 3.16. The van der Waals surface area contributed by atoms with E-state index < -0.39 is 14.2 Å². The Morgan fingerprint density at radius 1 is 1.18 bits per heavy atom. The lowest BCUT2D eigenvalue weighted by atomic mass is 9.81. The van der Waals surface area contributed by atoms with Crippen LogP contribution in [0.25, 0.3) is 0 Å². The van der Waals surface area contributed by atoms with E-state index in [9.17, 15) is 14.4 Å². The van der Waals surface area contributed by atoms with Crippen LogP contribution in [0.15, 0.2) is 0 Å². The van der Waals surface area contributed by atoms with Gasteiger partial charge in [0, 0.05) is 52.5 Å². The van der Waals surface area contributed by atoms with Gasteiger partial charge in [0.2, 0.25) is 5.91 Å². The number of ether oxygens (including phenoxy) is 1. The van der Waals surface area contributed by atoms with Crippen molar-refractivity contribution in [3.63, 3.8) is 0 Å². The highest BCUT2D eigenvalue weighted by molar-refractivity contribution is 7.13. The van der Waals surface area contributed by atoms with Gasteiger partial charge in [-0.25, -0.2) is 9.78 Å². The van der Waals surface area contributed by atoms with Crippen molar-refractivity contribution >= 4 is 37.3 Å². The molecule has 34 heavy (non-hydrogen) atoms. The minimum absolute atomic E-state index is 0.0446. The molecule has 0 unspecified atom stereocenters. The lowest BCUT2D eigenvalue weighted by molar-refractivity contribution is -0.134. The molecule has 1 aliphatic carbocycles. The minimum Gasteiger partial charge on any atom is -0.450 e. The molecule has 1 saturated carbocycles. The Morgan fingerprint density at radius 2 is 1.91 bits per heavy atom. The molecule has 3 amide bonds. The van der Waals surface area contributed by atoms with Crippen LogP contribution in [0.1, 0.15) is 39.6 Å².